The molecule has 2 aromatic rings. The van der Waals surface area contributed by atoms with Crippen LogP contribution in [0.3, 0.4) is 0 Å². The number of halogens is 1. The Morgan fingerprint density at radius 3 is 2.33 bits per heavy atom. The van der Waals surface area contributed by atoms with Gasteiger partial charge in [-0.25, -0.2) is 8.42 Å². The molecule has 0 N–H and O–H groups in total. The summed E-state index contributed by atoms with van der Waals surface area (Å²) >= 11 is 3.23. The SMILES string of the molecule is CCc1ccc(C(=O)CS(=O)(=O)c2cccc(Br)c2)cc1. The van der Waals surface area contributed by atoms with Crippen LogP contribution in [0.1, 0.15) is 22.8 Å². The molecule has 0 saturated carbocycles. The summed E-state index contributed by atoms with van der Waals surface area (Å²) in [5.41, 5.74) is 1.53. The number of ketones is 1. The summed E-state index contributed by atoms with van der Waals surface area (Å²) < 4.78 is 25.2. The summed E-state index contributed by atoms with van der Waals surface area (Å²) in [5.74, 6) is -0.910. The largest absolute Gasteiger partial charge is 0.293 e. The Hall–Kier alpha value is -1.46. The molecule has 0 bridgehead atoms. The van der Waals surface area contributed by atoms with Crippen molar-refractivity contribution < 1.29 is 13.2 Å². The van der Waals surface area contributed by atoms with Crippen molar-refractivity contribution >= 4 is 31.6 Å². The van der Waals surface area contributed by atoms with Gasteiger partial charge in [-0.1, -0.05) is 53.2 Å². The molecule has 0 radical (unpaired) electrons. The molecule has 0 unspecified atom stereocenters. The number of benzene rings is 2. The van der Waals surface area contributed by atoms with Crippen LogP contribution in [0.4, 0.5) is 0 Å². The number of hydrogen-bond donors (Lipinski definition) is 0. The van der Waals surface area contributed by atoms with E-state index in [9.17, 15) is 13.2 Å². The summed E-state index contributed by atoms with van der Waals surface area (Å²) in [6.45, 7) is 2.02. The second-order valence-electron chi connectivity index (χ2n) is 4.69. The summed E-state index contributed by atoms with van der Waals surface area (Å²) in [6.07, 6.45) is 0.880. The average molecular weight is 367 g/mol. The first-order valence-electron chi connectivity index (χ1n) is 6.53. The van der Waals surface area contributed by atoms with E-state index in [1.54, 1.807) is 24.3 Å². The maximum Gasteiger partial charge on any atom is 0.185 e. The first kappa shape index (κ1) is 15.9. The maximum atomic E-state index is 12.2. The van der Waals surface area contributed by atoms with Gasteiger partial charge in [0.2, 0.25) is 0 Å². The Balaban J connectivity index is 2.21. The molecule has 0 amide bonds. The van der Waals surface area contributed by atoms with Gasteiger partial charge in [0.05, 0.1) is 4.90 Å². The van der Waals surface area contributed by atoms with E-state index in [4.69, 9.17) is 0 Å². The lowest BCUT2D eigenvalue weighted by molar-refractivity contribution is 0.102. The molecule has 0 aliphatic rings. The zero-order valence-corrected chi connectivity index (χ0v) is 13.9. The minimum absolute atomic E-state index is 0.149. The molecule has 5 heteroatoms. The van der Waals surface area contributed by atoms with E-state index in [1.807, 2.05) is 19.1 Å². The Morgan fingerprint density at radius 1 is 1.10 bits per heavy atom. The summed E-state index contributed by atoms with van der Waals surface area (Å²) in [6, 6.07) is 13.4. The van der Waals surface area contributed by atoms with Gasteiger partial charge in [0.25, 0.3) is 0 Å². The lowest BCUT2D eigenvalue weighted by atomic mass is 10.1. The van der Waals surface area contributed by atoms with Gasteiger partial charge in [-0.3, -0.25) is 4.79 Å². The molecular formula is C16H15BrO3S. The van der Waals surface area contributed by atoms with E-state index >= 15 is 0 Å². The fourth-order valence-electron chi connectivity index (χ4n) is 1.93. The Morgan fingerprint density at radius 2 is 1.76 bits per heavy atom. The third kappa shape index (κ3) is 4.02. The average Bonchev–Trinajstić information content (AvgIpc) is 2.47. The highest BCUT2D eigenvalue weighted by atomic mass is 79.9. The van der Waals surface area contributed by atoms with E-state index in [1.165, 1.54) is 12.1 Å². The van der Waals surface area contributed by atoms with E-state index in [0.717, 1.165) is 12.0 Å². The zero-order valence-electron chi connectivity index (χ0n) is 11.5. The van der Waals surface area contributed by atoms with Gasteiger partial charge >= 0.3 is 0 Å². The monoisotopic (exact) mass is 366 g/mol. The fourth-order valence-corrected chi connectivity index (χ4v) is 3.75. The standard InChI is InChI=1S/C16H15BrO3S/c1-2-12-6-8-13(9-7-12)16(18)11-21(19,20)15-5-3-4-14(17)10-15/h3-10H,2,11H2,1H3. The van der Waals surface area contributed by atoms with Gasteiger partial charge in [0.1, 0.15) is 5.75 Å². The van der Waals surface area contributed by atoms with Gasteiger partial charge < -0.3 is 0 Å². The molecular weight excluding hydrogens is 352 g/mol. The number of rotatable bonds is 5. The predicted molar refractivity (Wildman–Crippen MR) is 86.3 cm³/mol. The van der Waals surface area contributed by atoms with E-state index in [-0.39, 0.29) is 4.90 Å². The van der Waals surface area contributed by atoms with Crippen molar-refractivity contribution in [3.05, 3.63) is 64.1 Å². The fraction of sp³-hybridized carbons (Fsp3) is 0.188. The van der Waals surface area contributed by atoms with Crippen molar-refractivity contribution in [1.29, 1.82) is 0 Å². The molecule has 3 nitrogen and oxygen atoms in total. The normalized spacial score (nSPS) is 11.3. The molecule has 0 aliphatic heterocycles. The van der Waals surface area contributed by atoms with Crippen LogP contribution in [0, 0.1) is 0 Å². The van der Waals surface area contributed by atoms with Crippen molar-refractivity contribution in [3.8, 4) is 0 Å². The molecule has 0 aromatic heterocycles. The summed E-state index contributed by atoms with van der Waals surface area (Å²) in [7, 11) is -3.63. The number of Topliss-reactive ketones (excluding diaryl/α,β-unsaturated/α-hetero) is 1. The molecule has 0 atom stereocenters. The third-order valence-electron chi connectivity index (χ3n) is 3.16. The van der Waals surface area contributed by atoms with Crippen molar-refractivity contribution in [2.75, 3.05) is 5.75 Å². The van der Waals surface area contributed by atoms with E-state index in [0.29, 0.717) is 10.0 Å². The van der Waals surface area contributed by atoms with Crippen LogP contribution in [0.5, 0.6) is 0 Å². The Bertz CT molecular complexity index is 749. The number of carbonyl (C=O) groups excluding carboxylic acids is 1. The third-order valence-corrected chi connectivity index (χ3v) is 5.27. The van der Waals surface area contributed by atoms with Crippen LogP contribution in [0.2, 0.25) is 0 Å². The van der Waals surface area contributed by atoms with Gasteiger partial charge in [-0.05, 0) is 30.2 Å². The van der Waals surface area contributed by atoms with Crippen molar-refractivity contribution in [1.82, 2.24) is 0 Å². The minimum Gasteiger partial charge on any atom is -0.293 e. The van der Waals surface area contributed by atoms with Crippen molar-refractivity contribution in [2.24, 2.45) is 0 Å². The van der Waals surface area contributed by atoms with Gasteiger partial charge in [-0.15, -0.1) is 0 Å². The highest BCUT2D eigenvalue weighted by molar-refractivity contribution is 9.10. The summed E-state index contributed by atoms with van der Waals surface area (Å²) in [5, 5.41) is 0. The van der Waals surface area contributed by atoms with Gasteiger partial charge in [0, 0.05) is 10.0 Å². The van der Waals surface area contributed by atoms with Crippen LogP contribution >= 0.6 is 15.9 Å². The van der Waals surface area contributed by atoms with E-state index < -0.39 is 21.4 Å². The van der Waals surface area contributed by atoms with Crippen LogP contribution < -0.4 is 0 Å². The lowest BCUT2D eigenvalue weighted by Gasteiger charge is -2.05. The first-order valence-corrected chi connectivity index (χ1v) is 8.97. The number of carbonyl (C=O) groups is 1. The Kier molecular flexibility index (Phi) is 4.96. The predicted octanol–water partition coefficient (Wildman–Crippen LogP) is 3.67. The number of hydrogen-bond acceptors (Lipinski definition) is 3. The molecule has 0 saturated heterocycles. The molecule has 110 valence electrons. The zero-order chi connectivity index (χ0) is 15.5. The summed E-state index contributed by atoms with van der Waals surface area (Å²) in [4.78, 5) is 12.3. The Labute approximate surface area is 133 Å². The topological polar surface area (TPSA) is 51.2 Å². The van der Waals surface area contributed by atoms with Crippen molar-refractivity contribution in [2.45, 2.75) is 18.2 Å². The highest BCUT2D eigenvalue weighted by Gasteiger charge is 2.20. The molecule has 2 rings (SSSR count). The molecule has 2 aromatic carbocycles. The van der Waals surface area contributed by atoms with Crippen molar-refractivity contribution in [3.63, 3.8) is 0 Å². The maximum absolute atomic E-state index is 12.2. The van der Waals surface area contributed by atoms with Crippen LogP contribution in [0.25, 0.3) is 0 Å². The molecule has 0 spiro atoms. The van der Waals surface area contributed by atoms with Crippen LogP contribution in [0.15, 0.2) is 57.9 Å². The lowest BCUT2D eigenvalue weighted by Crippen LogP contribution is -2.16. The second-order valence-corrected chi connectivity index (χ2v) is 7.60. The van der Waals surface area contributed by atoms with Crippen LogP contribution in [-0.2, 0) is 16.3 Å². The number of aryl methyl sites for hydroxylation is 1. The minimum atomic E-state index is -3.63. The van der Waals surface area contributed by atoms with Gasteiger partial charge in [-0.2, -0.15) is 0 Å². The molecule has 21 heavy (non-hydrogen) atoms. The molecule has 0 fully saturated rings. The first-order chi connectivity index (χ1) is 9.92. The quantitative estimate of drug-likeness (QED) is 0.758. The highest BCUT2D eigenvalue weighted by Crippen LogP contribution is 2.18. The molecule has 0 heterocycles. The van der Waals surface area contributed by atoms with E-state index in [2.05, 4.69) is 15.9 Å². The molecule has 0 aliphatic carbocycles. The van der Waals surface area contributed by atoms with Gasteiger partial charge in [0.15, 0.2) is 15.6 Å². The number of sulfone groups is 1. The van der Waals surface area contributed by atoms with Crippen LogP contribution in [-0.4, -0.2) is 20.0 Å². The second kappa shape index (κ2) is 6.54. The smallest absolute Gasteiger partial charge is 0.185 e.